The fourth-order valence-corrected chi connectivity index (χ4v) is 4.53. The van der Waals surface area contributed by atoms with Crippen LogP contribution in [0.3, 0.4) is 0 Å². The molecule has 0 amide bonds. The summed E-state index contributed by atoms with van der Waals surface area (Å²) in [5, 5.41) is 7.03. The van der Waals surface area contributed by atoms with Crippen molar-refractivity contribution in [3.8, 4) is 0 Å². The molecule has 156 valence electrons. The van der Waals surface area contributed by atoms with E-state index in [2.05, 4.69) is 47.3 Å². The number of nitrogens with zero attached hydrogens (tertiary/aromatic N) is 4. The van der Waals surface area contributed by atoms with E-state index in [4.69, 9.17) is 22.2 Å². The molecule has 2 N–H and O–H groups in total. The Morgan fingerprint density at radius 3 is 2.25 bits per heavy atom. The second-order valence-electron chi connectivity index (χ2n) is 8.54. The lowest BCUT2D eigenvalue weighted by Crippen LogP contribution is -2.39. The lowest BCUT2D eigenvalue weighted by atomic mass is 9.92. The largest absolute Gasteiger partial charge is 0.362 e. The first-order chi connectivity index (χ1) is 13.5. The topological polar surface area (TPSA) is 56.3 Å². The normalized spacial score (nSPS) is 23.2. The summed E-state index contributed by atoms with van der Waals surface area (Å²) in [5.74, 6) is 4.02. The first-order valence-corrected chi connectivity index (χ1v) is 11.4. The molecule has 28 heavy (non-hydrogen) atoms. The number of anilines is 3. The molecule has 2 saturated heterocycles. The molecule has 1 aromatic rings. The van der Waals surface area contributed by atoms with Crippen LogP contribution in [0.1, 0.15) is 59.3 Å². The van der Waals surface area contributed by atoms with E-state index in [9.17, 15) is 0 Å². The molecule has 0 unspecified atom stereocenters. The summed E-state index contributed by atoms with van der Waals surface area (Å²) in [6.07, 6.45) is 7.41. The van der Waals surface area contributed by atoms with Crippen molar-refractivity contribution in [3.63, 3.8) is 0 Å². The van der Waals surface area contributed by atoms with E-state index >= 15 is 0 Å². The molecule has 0 aliphatic carbocycles. The molecule has 0 aromatic carbocycles. The van der Waals surface area contributed by atoms with Gasteiger partial charge in [-0.25, -0.2) is 0 Å². The van der Waals surface area contributed by atoms with Gasteiger partial charge in [0.2, 0.25) is 5.95 Å². The van der Waals surface area contributed by atoms with Crippen LogP contribution in [0.25, 0.3) is 0 Å². The van der Waals surface area contributed by atoms with Crippen molar-refractivity contribution in [2.24, 2.45) is 11.8 Å². The van der Waals surface area contributed by atoms with E-state index < -0.39 is 0 Å². The second-order valence-corrected chi connectivity index (χ2v) is 8.95. The summed E-state index contributed by atoms with van der Waals surface area (Å²) in [6.45, 7) is 11.9. The summed E-state index contributed by atoms with van der Waals surface area (Å²) >= 11 is 5.43. The van der Waals surface area contributed by atoms with Crippen LogP contribution in [-0.4, -0.2) is 47.8 Å². The Labute approximate surface area is 175 Å². The lowest BCUT2D eigenvalue weighted by molar-refractivity contribution is 0.355. The van der Waals surface area contributed by atoms with Gasteiger partial charge in [0.25, 0.3) is 0 Å². The molecule has 0 radical (unpaired) electrons. The van der Waals surface area contributed by atoms with E-state index in [0.717, 1.165) is 50.8 Å². The Morgan fingerprint density at radius 2 is 1.64 bits per heavy atom. The van der Waals surface area contributed by atoms with Gasteiger partial charge in [-0.2, -0.15) is 9.97 Å². The van der Waals surface area contributed by atoms with Gasteiger partial charge >= 0.3 is 0 Å². The van der Waals surface area contributed by atoms with E-state index in [0.29, 0.717) is 22.9 Å². The van der Waals surface area contributed by atoms with Crippen LogP contribution in [0, 0.1) is 11.8 Å². The van der Waals surface area contributed by atoms with Gasteiger partial charge in [-0.15, -0.1) is 0 Å². The Kier molecular flexibility index (Phi) is 7.71. The molecule has 2 fully saturated rings. The highest BCUT2D eigenvalue weighted by atomic mass is 32.1. The number of hydrogen-bond acceptors (Lipinski definition) is 5. The van der Waals surface area contributed by atoms with E-state index in [1.54, 1.807) is 0 Å². The van der Waals surface area contributed by atoms with Crippen LogP contribution >= 0.6 is 12.2 Å². The second kappa shape index (κ2) is 10.2. The third kappa shape index (κ3) is 5.93. The lowest BCUT2D eigenvalue weighted by Gasteiger charge is -2.36. The third-order valence-corrected chi connectivity index (χ3v) is 5.83. The van der Waals surface area contributed by atoms with Gasteiger partial charge in [0.1, 0.15) is 11.6 Å². The Hall–Kier alpha value is -1.63. The number of nitrogens with one attached hydrogen (secondary N) is 2. The van der Waals surface area contributed by atoms with Crippen LogP contribution in [0.15, 0.2) is 6.07 Å². The highest BCUT2D eigenvalue weighted by Crippen LogP contribution is 2.29. The van der Waals surface area contributed by atoms with Gasteiger partial charge in [0, 0.05) is 38.8 Å². The zero-order chi connectivity index (χ0) is 19.9. The number of thiocarbonyl (C=S) groups is 1. The molecule has 3 heterocycles. The van der Waals surface area contributed by atoms with Crippen LogP contribution in [0.2, 0.25) is 0 Å². The van der Waals surface area contributed by atoms with E-state index in [1.165, 1.54) is 32.1 Å². The predicted octanol–water partition coefficient (Wildman–Crippen LogP) is 4.04. The standard InChI is InChI=1S/C21H36N6S/c1-4-9-22-21(28)25-20-23-18(26-10-7-5-6-8-11-26)13-19(24-20)27-14-16(2)12-17(3)15-27/h13,16-17H,4-12,14-15H2,1-3H3,(H2,22,23,24,25,28)/t16-,17+. The molecule has 2 aliphatic rings. The minimum Gasteiger partial charge on any atom is -0.362 e. The number of rotatable bonds is 5. The number of hydrogen-bond donors (Lipinski definition) is 2. The van der Waals surface area contributed by atoms with Crippen molar-refractivity contribution in [1.82, 2.24) is 15.3 Å². The predicted molar refractivity (Wildman–Crippen MR) is 122 cm³/mol. The molecule has 2 atom stereocenters. The summed E-state index contributed by atoms with van der Waals surface area (Å²) in [5.41, 5.74) is 0. The molecule has 1 aromatic heterocycles. The van der Waals surface area contributed by atoms with Gasteiger partial charge in [-0.05, 0) is 49.7 Å². The summed E-state index contributed by atoms with van der Waals surface area (Å²) in [6, 6.07) is 2.18. The third-order valence-electron chi connectivity index (χ3n) is 5.58. The molecule has 0 spiro atoms. The van der Waals surface area contributed by atoms with Crippen LogP contribution in [-0.2, 0) is 0 Å². The monoisotopic (exact) mass is 404 g/mol. The van der Waals surface area contributed by atoms with Crippen LogP contribution < -0.4 is 20.4 Å². The summed E-state index contributed by atoms with van der Waals surface area (Å²) in [4.78, 5) is 14.5. The Bertz CT molecular complexity index is 634. The Balaban J connectivity index is 1.85. The van der Waals surface area contributed by atoms with Crippen LogP contribution in [0.4, 0.5) is 17.6 Å². The van der Waals surface area contributed by atoms with Gasteiger partial charge in [0.15, 0.2) is 5.11 Å². The first-order valence-electron chi connectivity index (χ1n) is 11.0. The first kappa shape index (κ1) is 21.1. The molecule has 0 bridgehead atoms. The Morgan fingerprint density at radius 1 is 1.04 bits per heavy atom. The molecule has 3 rings (SSSR count). The molecule has 6 nitrogen and oxygen atoms in total. The number of piperidine rings is 1. The summed E-state index contributed by atoms with van der Waals surface area (Å²) in [7, 11) is 0. The number of aromatic nitrogens is 2. The van der Waals surface area contributed by atoms with Crippen molar-refractivity contribution in [2.45, 2.75) is 59.3 Å². The van der Waals surface area contributed by atoms with Crippen LogP contribution in [0.5, 0.6) is 0 Å². The van der Waals surface area contributed by atoms with Gasteiger partial charge in [0.05, 0.1) is 0 Å². The van der Waals surface area contributed by atoms with E-state index in [1.807, 2.05) is 0 Å². The highest BCUT2D eigenvalue weighted by Gasteiger charge is 2.24. The maximum Gasteiger partial charge on any atom is 0.232 e. The molecule has 0 saturated carbocycles. The SMILES string of the molecule is CCCNC(=S)Nc1nc(N2CCCCCC2)cc(N2C[C@H](C)C[C@H](C)C2)n1. The van der Waals surface area contributed by atoms with Gasteiger partial charge in [-0.1, -0.05) is 33.6 Å². The quantitative estimate of drug-likeness (QED) is 0.718. The smallest absolute Gasteiger partial charge is 0.232 e. The molecular weight excluding hydrogens is 368 g/mol. The zero-order valence-corrected chi connectivity index (χ0v) is 18.5. The average molecular weight is 405 g/mol. The molecule has 2 aliphatic heterocycles. The summed E-state index contributed by atoms with van der Waals surface area (Å²) < 4.78 is 0. The van der Waals surface area contributed by atoms with Crippen molar-refractivity contribution >= 4 is 34.9 Å². The zero-order valence-electron chi connectivity index (χ0n) is 17.7. The minimum absolute atomic E-state index is 0.598. The van der Waals surface area contributed by atoms with Gasteiger partial charge in [-0.3, -0.25) is 0 Å². The van der Waals surface area contributed by atoms with Crippen molar-refractivity contribution in [3.05, 3.63) is 6.07 Å². The fraction of sp³-hybridized carbons (Fsp3) is 0.762. The minimum atomic E-state index is 0.598. The fourth-order valence-electron chi connectivity index (χ4n) is 4.34. The average Bonchev–Trinajstić information content (AvgIpc) is 2.95. The molecule has 7 heteroatoms. The van der Waals surface area contributed by atoms with Gasteiger partial charge < -0.3 is 20.4 Å². The van der Waals surface area contributed by atoms with Crippen molar-refractivity contribution in [1.29, 1.82) is 0 Å². The maximum absolute atomic E-state index is 5.43. The maximum atomic E-state index is 5.43. The molecular formula is C21H36N6S. The highest BCUT2D eigenvalue weighted by molar-refractivity contribution is 7.80. The van der Waals surface area contributed by atoms with Crippen molar-refractivity contribution in [2.75, 3.05) is 47.8 Å². The van der Waals surface area contributed by atoms with Crippen molar-refractivity contribution < 1.29 is 0 Å². The van der Waals surface area contributed by atoms with E-state index in [-0.39, 0.29) is 0 Å².